The molecular formula is C31H41F3N2O5. The van der Waals surface area contributed by atoms with Gasteiger partial charge in [0.25, 0.3) is 0 Å². The number of nitrogens with zero attached hydrogens (tertiary/aromatic N) is 2. The molecule has 1 fully saturated rings. The highest BCUT2D eigenvalue weighted by Crippen LogP contribution is 2.50. The Bertz CT molecular complexity index is 1200. The molecule has 7 nitrogen and oxygen atoms in total. The summed E-state index contributed by atoms with van der Waals surface area (Å²) >= 11 is 0. The van der Waals surface area contributed by atoms with Crippen LogP contribution in [-0.4, -0.2) is 58.2 Å². The van der Waals surface area contributed by atoms with Crippen LogP contribution in [0.25, 0.3) is 0 Å². The lowest BCUT2D eigenvalue weighted by Crippen LogP contribution is -2.55. The average molecular weight is 579 g/mol. The van der Waals surface area contributed by atoms with E-state index in [0.717, 1.165) is 12.1 Å². The molecule has 1 aliphatic heterocycles. The molecule has 1 aliphatic rings. The summed E-state index contributed by atoms with van der Waals surface area (Å²) in [6, 6.07) is 9.28. The van der Waals surface area contributed by atoms with Gasteiger partial charge in [-0.05, 0) is 56.9 Å². The summed E-state index contributed by atoms with van der Waals surface area (Å²) in [5.41, 5.74) is -0.662. The Morgan fingerprint density at radius 3 is 2.05 bits per heavy atom. The summed E-state index contributed by atoms with van der Waals surface area (Å²) in [6.45, 7) is 12.9. The third kappa shape index (κ3) is 6.80. The van der Waals surface area contributed by atoms with Crippen LogP contribution in [0.2, 0.25) is 0 Å². The Labute approximate surface area is 240 Å². The number of benzene rings is 2. The molecule has 1 N–H and O–H groups in total. The second kappa shape index (κ2) is 12.3. The van der Waals surface area contributed by atoms with Crippen molar-refractivity contribution in [3.05, 3.63) is 65.2 Å². The summed E-state index contributed by atoms with van der Waals surface area (Å²) in [6.07, 6.45) is -5.42. The Balaban J connectivity index is 2.20. The zero-order chi connectivity index (χ0) is 30.9. The van der Waals surface area contributed by atoms with E-state index in [1.807, 2.05) is 66.7 Å². The van der Waals surface area contributed by atoms with Crippen LogP contribution >= 0.6 is 0 Å². The van der Waals surface area contributed by atoms with Crippen molar-refractivity contribution >= 4 is 12.0 Å². The highest BCUT2D eigenvalue weighted by atomic mass is 19.4. The van der Waals surface area contributed by atoms with Crippen molar-refractivity contribution in [1.82, 2.24) is 9.80 Å². The topological polar surface area (TPSA) is 79.3 Å². The number of carboxylic acid groups (broad SMARTS) is 1. The number of carbonyl (C=O) groups excluding carboxylic acids is 1. The molecule has 10 heteroatoms. The van der Waals surface area contributed by atoms with E-state index in [0.29, 0.717) is 5.56 Å². The van der Waals surface area contributed by atoms with Crippen LogP contribution in [-0.2, 0) is 22.3 Å². The van der Waals surface area contributed by atoms with Gasteiger partial charge < -0.3 is 24.4 Å². The molecule has 226 valence electrons. The number of aliphatic carboxylic acids is 1. The molecule has 0 aliphatic carbocycles. The van der Waals surface area contributed by atoms with Crippen LogP contribution in [0, 0.1) is 11.3 Å². The van der Waals surface area contributed by atoms with E-state index in [1.165, 1.54) is 18.1 Å². The number of hydrogen-bond donors (Lipinski definition) is 1. The van der Waals surface area contributed by atoms with Crippen LogP contribution in [0.3, 0.4) is 0 Å². The molecule has 2 aromatic rings. The summed E-state index contributed by atoms with van der Waals surface area (Å²) < 4.78 is 52.4. The van der Waals surface area contributed by atoms with Gasteiger partial charge in [-0.15, -0.1) is 0 Å². The predicted octanol–water partition coefficient (Wildman–Crippen LogP) is 7.01. The van der Waals surface area contributed by atoms with E-state index in [4.69, 9.17) is 9.47 Å². The fourth-order valence-corrected chi connectivity index (χ4v) is 5.98. The maximum absolute atomic E-state index is 14.3. The van der Waals surface area contributed by atoms with Gasteiger partial charge in [-0.2, -0.15) is 13.2 Å². The minimum Gasteiger partial charge on any atom is -0.496 e. The van der Waals surface area contributed by atoms with Crippen molar-refractivity contribution < 1.29 is 37.3 Å². The maximum Gasteiger partial charge on any atom is 0.416 e. The van der Waals surface area contributed by atoms with Crippen molar-refractivity contribution in [1.29, 1.82) is 0 Å². The first-order valence-electron chi connectivity index (χ1n) is 13.7. The summed E-state index contributed by atoms with van der Waals surface area (Å²) in [4.78, 5) is 30.3. The van der Waals surface area contributed by atoms with Crippen molar-refractivity contribution in [2.45, 2.75) is 91.5 Å². The van der Waals surface area contributed by atoms with Gasteiger partial charge in [0, 0.05) is 23.6 Å². The molecule has 0 spiro atoms. The number of carboxylic acids is 1. The molecule has 2 aromatic carbocycles. The van der Waals surface area contributed by atoms with Gasteiger partial charge >= 0.3 is 18.2 Å². The van der Waals surface area contributed by atoms with Crippen LogP contribution in [0.5, 0.6) is 5.75 Å². The first-order valence-corrected chi connectivity index (χ1v) is 13.7. The molecule has 0 radical (unpaired) electrons. The number of likely N-dealkylation sites (tertiary alicyclic amines) is 1. The van der Waals surface area contributed by atoms with Gasteiger partial charge in [-0.1, -0.05) is 51.1 Å². The average Bonchev–Trinajstić information content (AvgIpc) is 3.23. The largest absolute Gasteiger partial charge is 0.496 e. The molecule has 3 rings (SSSR count). The SMILES string of the molecule is COc1ccc(C(F)(F)F)cc1CO[C@H]1[C@H](C(C)(C)C)[C@@H](C(=O)O)N(C(=O)N(C(C)C)C(C)C)[C@H]1c1ccccc1. The molecule has 0 aromatic heterocycles. The minimum atomic E-state index is -4.57. The van der Waals surface area contributed by atoms with E-state index >= 15 is 0 Å². The van der Waals surface area contributed by atoms with Crippen LogP contribution in [0.1, 0.15) is 71.2 Å². The maximum atomic E-state index is 14.3. The zero-order valence-corrected chi connectivity index (χ0v) is 24.9. The number of halogens is 3. The fourth-order valence-electron chi connectivity index (χ4n) is 5.98. The van der Waals surface area contributed by atoms with Gasteiger partial charge in [0.05, 0.1) is 31.4 Å². The number of hydrogen-bond acceptors (Lipinski definition) is 4. The highest BCUT2D eigenvalue weighted by molar-refractivity contribution is 5.85. The lowest BCUT2D eigenvalue weighted by molar-refractivity contribution is -0.145. The molecular weight excluding hydrogens is 537 g/mol. The smallest absolute Gasteiger partial charge is 0.416 e. The molecule has 0 unspecified atom stereocenters. The van der Waals surface area contributed by atoms with Gasteiger partial charge in [0.2, 0.25) is 0 Å². The summed E-state index contributed by atoms with van der Waals surface area (Å²) in [5.74, 6) is -1.66. The standard InChI is InChI=1S/C31H41F3N2O5/c1-18(2)35(19(3)4)29(39)36-25(20-12-10-9-11-13-20)27(24(30(5,6)7)26(36)28(37)38)41-17-21-16-22(31(32,33)34)14-15-23(21)40-8/h9-16,18-19,24-27H,17H2,1-8H3,(H,37,38)/t24-,25+,26+,27+/m1/s1. The van der Waals surface area contributed by atoms with E-state index in [-0.39, 0.29) is 30.0 Å². The van der Waals surface area contributed by atoms with E-state index in [9.17, 15) is 27.9 Å². The number of amides is 2. The Morgan fingerprint density at radius 2 is 1.59 bits per heavy atom. The summed E-state index contributed by atoms with van der Waals surface area (Å²) in [5, 5.41) is 10.6. The predicted molar refractivity (Wildman–Crippen MR) is 149 cm³/mol. The van der Waals surface area contributed by atoms with Gasteiger partial charge in [-0.25, -0.2) is 9.59 Å². The Hall–Kier alpha value is -3.27. The van der Waals surface area contributed by atoms with E-state index in [1.54, 1.807) is 17.0 Å². The number of urea groups is 1. The van der Waals surface area contributed by atoms with Crippen LogP contribution in [0.15, 0.2) is 48.5 Å². The molecule has 0 saturated carbocycles. The fraction of sp³-hybridized carbons (Fsp3) is 0.548. The van der Waals surface area contributed by atoms with E-state index in [2.05, 4.69) is 0 Å². The van der Waals surface area contributed by atoms with Crippen molar-refractivity contribution in [2.75, 3.05) is 7.11 Å². The first kappa shape index (κ1) is 32.2. The monoisotopic (exact) mass is 578 g/mol. The van der Waals surface area contributed by atoms with Crippen molar-refractivity contribution in [3.8, 4) is 5.75 Å². The van der Waals surface area contributed by atoms with Gasteiger partial charge in [0.15, 0.2) is 0 Å². The first-order chi connectivity index (χ1) is 19.0. The number of methoxy groups -OCH3 is 1. The molecule has 41 heavy (non-hydrogen) atoms. The van der Waals surface area contributed by atoms with Gasteiger partial charge in [0.1, 0.15) is 11.8 Å². The number of carbonyl (C=O) groups is 2. The quantitative estimate of drug-likeness (QED) is 0.365. The van der Waals surface area contributed by atoms with Crippen molar-refractivity contribution in [3.63, 3.8) is 0 Å². The zero-order valence-electron chi connectivity index (χ0n) is 24.9. The molecule has 2 amide bonds. The summed E-state index contributed by atoms with van der Waals surface area (Å²) in [7, 11) is 1.36. The second-order valence-electron chi connectivity index (χ2n) is 12.1. The van der Waals surface area contributed by atoms with Crippen LogP contribution in [0.4, 0.5) is 18.0 Å². The lowest BCUT2D eigenvalue weighted by Gasteiger charge is -2.39. The van der Waals surface area contributed by atoms with E-state index < -0.39 is 53.3 Å². The lowest BCUT2D eigenvalue weighted by atomic mass is 9.73. The minimum absolute atomic E-state index is 0.171. The number of alkyl halides is 3. The second-order valence-corrected chi connectivity index (χ2v) is 12.1. The van der Waals surface area contributed by atoms with Gasteiger partial charge in [-0.3, -0.25) is 0 Å². The number of ether oxygens (including phenoxy) is 2. The highest BCUT2D eigenvalue weighted by Gasteiger charge is 2.59. The Morgan fingerprint density at radius 1 is 1.00 bits per heavy atom. The number of rotatable bonds is 8. The van der Waals surface area contributed by atoms with Crippen LogP contribution < -0.4 is 4.74 Å². The molecule has 4 atom stereocenters. The normalized spacial score (nSPS) is 21.4. The molecule has 1 saturated heterocycles. The third-order valence-corrected chi connectivity index (χ3v) is 7.59. The van der Waals surface area contributed by atoms with Crippen molar-refractivity contribution in [2.24, 2.45) is 11.3 Å². The molecule has 1 heterocycles. The Kier molecular flexibility index (Phi) is 9.68. The molecule has 0 bridgehead atoms. The third-order valence-electron chi connectivity index (χ3n) is 7.59.